The van der Waals surface area contributed by atoms with E-state index in [1.807, 2.05) is 51.1 Å². The first-order chi connectivity index (χ1) is 15.3. The Hall–Kier alpha value is -3.02. The van der Waals surface area contributed by atoms with E-state index in [0.29, 0.717) is 31.2 Å². The van der Waals surface area contributed by atoms with E-state index in [2.05, 4.69) is 10.6 Å². The lowest BCUT2D eigenvalue weighted by Gasteiger charge is -2.26. The molecule has 32 heavy (non-hydrogen) atoms. The van der Waals surface area contributed by atoms with Crippen molar-refractivity contribution >= 4 is 11.8 Å². The van der Waals surface area contributed by atoms with Crippen LogP contribution in [0.5, 0.6) is 11.5 Å². The number of aryl methyl sites for hydroxylation is 2. The lowest BCUT2D eigenvalue weighted by Crippen LogP contribution is -2.52. The maximum atomic E-state index is 13.0. The van der Waals surface area contributed by atoms with Crippen molar-refractivity contribution in [1.29, 1.82) is 0 Å². The molecule has 6 nitrogen and oxygen atoms in total. The zero-order valence-corrected chi connectivity index (χ0v) is 19.3. The van der Waals surface area contributed by atoms with Crippen LogP contribution in [-0.2, 0) is 22.4 Å². The van der Waals surface area contributed by atoms with Gasteiger partial charge < -0.3 is 20.8 Å². The summed E-state index contributed by atoms with van der Waals surface area (Å²) >= 11 is 0. The van der Waals surface area contributed by atoms with Gasteiger partial charge in [-0.25, -0.2) is 0 Å². The van der Waals surface area contributed by atoms with Gasteiger partial charge in [-0.05, 0) is 48.8 Å². The van der Waals surface area contributed by atoms with E-state index in [1.54, 1.807) is 12.1 Å². The Kier molecular flexibility index (Phi) is 10.1. The van der Waals surface area contributed by atoms with E-state index in [4.69, 9.17) is 0 Å². The van der Waals surface area contributed by atoms with Gasteiger partial charge >= 0.3 is 0 Å². The van der Waals surface area contributed by atoms with Gasteiger partial charge in [-0.1, -0.05) is 69.7 Å². The number of nitrogens with one attached hydrogen (secondary N) is 2. The van der Waals surface area contributed by atoms with Crippen LogP contribution in [0.2, 0.25) is 0 Å². The van der Waals surface area contributed by atoms with E-state index < -0.39 is 6.04 Å². The Morgan fingerprint density at radius 3 is 2.28 bits per heavy atom. The van der Waals surface area contributed by atoms with Crippen molar-refractivity contribution in [3.63, 3.8) is 0 Å². The van der Waals surface area contributed by atoms with Gasteiger partial charge in [0.15, 0.2) is 11.5 Å². The quantitative estimate of drug-likeness (QED) is 0.374. The number of carbonyl (C=O) groups excluding carboxylic acids is 2. The first-order valence-corrected chi connectivity index (χ1v) is 11.5. The van der Waals surface area contributed by atoms with Gasteiger partial charge in [0, 0.05) is 12.5 Å². The van der Waals surface area contributed by atoms with Crippen LogP contribution >= 0.6 is 0 Å². The molecule has 0 fully saturated rings. The van der Waals surface area contributed by atoms with Crippen LogP contribution in [0.3, 0.4) is 0 Å². The summed E-state index contributed by atoms with van der Waals surface area (Å²) in [5.74, 6) is -0.568. The lowest BCUT2D eigenvalue weighted by atomic mass is 9.96. The highest BCUT2D eigenvalue weighted by atomic mass is 16.3. The summed E-state index contributed by atoms with van der Waals surface area (Å²) in [5, 5.41) is 25.7. The molecule has 2 aromatic rings. The van der Waals surface area contributed by atoms with E-state index in [0.717, 1.165) is 18.4 Å². The smallest absolute Gasteiger partial charge is 0.243 e. The van der Waals surface area contributed by atoms with Crippen molar-refractivity contribution in [2.45, 2.75) is 71.4 Å². The van der Waals surface area contributed by atoms with Crippen molar-refractivity contribution in [2.75, 3.05) is 0 Å². The summed E-state index contributed by atoms with van der Waals surface area (Å²) in [6.45, 7) is 5.96. The molecule has 0 spiro atoms. The fourth-order valence-electron chi connectivity index (χ4n) is 3.63. The first-order valence-electron chi connectivity index (χ1n) is 11.5. The number of hydrogen-bond acceptors (Lipinski definition) is 4. The molecule has 6 heteroatoms. The number of para-hydroxylation sites is 1. The standard InChI is InChI=1S/C26H36N2O4/c1-4-18(3)24(28-23(30)17-14-19-10-7-6-8-11-19)26(32)27-21(5-2)16-15-20-12-9-13-22(29)25(20)31/h6-13,18,21,24,29,31H,4-5,14-17H2,1-3H3,(H,27,32)(H,28,30)/t18?,21?,24-/m0/s1. The van der Waals surface area contributed by atoms with Crippen molar-refractivity contribution in [2.24, 2.45) is 5.92 Å². The predicted molar refractivity (Wildman–Crippen MR) is 126 cm³/mol. The number of phenolic OH excluding ortho intramolecular Hbond substituents is 2. The van der Waals surface area contributed by atoms with Crippen LogP contribution < -0.4 is 10.6 Å². The second-order valence-corrected chi connectivity index (χ2v) is 8.35. The average molecular weight is 441 g/mol. The molecule has 0 aliphatic heterocycles. The summed E-state index contributed by atoms with van der Waals surface area (Å²) in [7, 11) is 0. The second-order valence-electron chi connectivity index (χ2n) is 8.35. The van der Waals surface area contributed by atoms with Crippen molar-refractivity contribution in [1.82, 2.24) is 10.6 Å². The summed E-state index contributed by atoms with van der Waals surface area (Å²) in [4.78, 5) is 25.6. The number of rotatable bonds is 12. The van der Waals surface area contributed by atoms with E-state index >= 15 is 0 Å². The molecule has 4 N–H and O–H groups in total. The van der Waals surface area contributed by atoms with E-state index in [-0.39, 0.29) is 35.3 Å². The van der Waals surface area contributed by atoms with Gasteiger partial charge in [-0.15, -0.1) is 0 Å². The molecule has 0 aromatic heterocycles. The minimum atomic E-state index is -0.591. The molecule has 0 saturated carbocycles. The van der Waals surface area contributed by atoms with E-state index in [1.165, 1.54) is 6.07 Å². The number of carbonyl (C=O) groups is 2. The molecular formula is C26H36N2O4. The molecule has 2 rings (SSSR count). The maximum Gasteiger partial charge on any atom is 0.243 e. The highest BCUT2D eigenvalue weighted by Crippen LogP contribution is 2.29. The molecule has 0 heterocycles. The second kappa shape index (κ2) is 12.7. The molecule has 174 valence electrons. The summed E-state index contributed by atoms with van der Waals surface area (Å²) in [6, 6.07) is 14.0. The molecule has 2 amide bonds. The predicted octanol–water partition coefficient (Wildman–Crippen LogP) is 4.09. The molecule has 0 bridgehead atoms. The average Bonchev–Trinajstić information content (AvgIpc) is 2.81. The zero-order chi connectivity index (χ0) is 23.5. The highest BCUT2D eigenvalue weighted by molar-refractivity contribution is 5.88. The zero-order valence-electron chi connectivity index (χ0n) is 19.3. The van der Waals surface area contributed by atoms with E-state index in [9.17, 15) is 19.8 Å². The Morgan fingerprint density at radius 2 is 1.62 bits per heavy atom. The summed E-state index contributed by atoms with van der Waals surface area (Å²) < 4.78 is 0. The number of benzene rings is 2. The number of aromatic hydroxyl groups is 2. The summed E-state index contributed by atoms with van der Waals surface area (Å²) in [5.41, 5.74) is 1.74. The molecule has 3 atom stereocenters. The molecule has 0 radical (unpaired) electrons. The minimum Gasteiger partial charge on any atom is -0.504 e. The van der Waals surface area contributed by atoms with Crippen LogP contribution in [0, 0.1) is 5.92 Å². The third-order valence-electron chi connectivity index (χ3n) is 6.00. The van der Waals surface area contributed by atoms with Crippen LogP contribution in [0.15, 0.2) is 48.5 Å². The largest absolute Gasteiger partial charge is 0.504 e. The first kappa shape index (κ1) is 25.2. The normalized spacial score (nSPS) is 13.7. The summed E-state index contributed by atoms with van der Waals surface area (Å²) in [6.07, 6.45) is 3.60. The maximum absolute atomic E-state index is 13.0. The number of phenols is 2. The molecular weight excluding hydrogens is 404 g/mol. The van der Waals surface area contributed by atoms with Crippen LogP contribution in [0.25, 0.3) is 0 Å². The fourth-order valence-corrected chi connectivity index (χ4v) is 3.63. The van der Waals surface area contributed by atoms with Crippen LogP contribution in [-0.4, -0.2) is 34.1 Å². The van der Waals surface area contributed by atoms with Gasteiger partial charge in [-0.2, -0.15) is 0 Å². The van der Waals surface area contributed by atoms with Gasteiger partial charge in [-0.3, -0.25) is 9.59 Å². The number of hydrogen-bond donors (Lipinski definition) is 4. The number of amides is 2. The fraction of sp³-hybridized carbons (Fsp3) is 0.462. The Labute approximate surface area is 191 Å². The van der Waals surface area contributed by atoms with Gasteiger partial charge in [0.1, 0.15) is 6.04 Å². The molecule has 0 aliphatic carbocycles. The molecule has 0 saturated heterocycles. The molecule has 2 unspecified atom stereocenters. The van der Waals surface area contributed by atoms with Crippen molar-refractivity contribution in [3.05, 3.63) is 59.7 Å². The Bertz CT molecular complexity index is 869. The third-order valence-corrected chi connectivity index (χ3v) is 6.00. The topological polar surface area (TPSA) is 98.7 Å². The Morgan fingerprint density at radius 1 is 0.906 bits per heavy atom. The molecule has 2 aromatic carbocycles. The molecule has 0 aliphatic rings. The van der Waals surface area contributed by atoms with Gasteiger partial charge in [0.25, 0.3) is 0 Å². The Balaban J connectivity index is 1.94. The third kappa shape index (κ3) is 7.59. The van der Waals surface area contributed by atoms with Crippen LogP contribution in [0.1, 0.15) is 57.6 Å². The minimum absolute atomic E-state index is 0.00305. The van der Waals surface area contributed by atoms with Gasteiger partial charge in [0.2, 0.25) is 11.8 Å². The SMILES string of the molecule is CCC(CCc1cccc(O)c1O)NC(=O)[C@@H](NC(=O)CCc1ccccc1)C(C)CC. The lowest BCUT2D eigenvalue weighted by molar-refractivity contribution is -0.130. The van der Waals surface area contributed by atoms with Crippen molar-refractivity contribution in [3.8, 4) is 11.5 Å². The monoisotopic (exact) mass is 440 g/mol. The van der Waals surface area contributed by atoms with Crippen LogP contribution in [0.4, 0.5) is 0 Å². The van der Waals surface area contributed by atoms with Gasteiger partial charge in [0.05, 0.1) is 0 Å². The highest BCUT2D eigenvalue weighted by Gasteiger charge is 2.27. The van der Waals surface area contributed by atoms with Crippen molar-refractivity contribution < 1.29 is 19.8 Å².